The first-order valence-corrected chi connectivity index (χ1v) is 2.51. The van der Waals surface area contributed by atoms with Gasteiger partial charge in [-0.05, 0) is 6.42 Å². The Morgan fingerprint density at radius 2 is 2.38 bits per heavy atom. The topological polar surface area (TPSA) is 53.1 Å². The van der Waals surface area contributed by atoms with Crippen molar-refractivity contribution in [3.63, 3.8) is 0 Å². The highest BCUT2D eigenvalue weighted by Gasteiger charge is 1.93. The molecule has 3 heteroatoms. The van der Waals surface area contributed by atoms with E-state index in [1.807, 2.05) is 13.3 Å². The standard InChI is InChI=1S/C5H12N3/c1-3-4-8(2)5(6)7/h3H,4H2,1-2H3,(H3,6,7). The number of nitrogens with zero attached hydrogens (tertiary/aromatic N) is 1. The van der Waals surface area contributed by atoms with Crippen LogP contribution in [0.2, 0.25) is 0 Å². The molecular formula is C5H12N3. The van der Waals surface area contributed by atoms with Crippen molar-refractivity contribution >= 4 is 5.96 Å². The summed E-state index contributed by atoms with van der Waals surface area (Å²) in [4.78, 5) is 1.65. The number of nitrogens with two attached hydrogens (primary N) is 1. The van der Waals surface area contributed by atoms with E-state index in [0.29, 0.717) is 0 Å². The summed E-state index contributed by atoms with van der Waals surface area (Å²) in [5.74, 6) is 0.114. The number of rotatable bonds is 2. The van der Waals surface area contributed by atoms with Crippen molar-refractivity contribution in [3.8, 4) is 0 Å². The van der Waals surface area contributed by atoms with E-state index in [1.165, 1.54) is 0 Å². The highest BCUT2D eigenvalue weighted by atomic mass is 15.2. The first kappa shape index (κ1) is 7.27. The molecular weight excluding hydrogens is 102 g/mol. The van der Waals surface area contributed by atoms with E-state index in [1.54, 1.807) is 11.9 Å². The first-order chi connectivity index (χ1) is 3.68. The van der Waals surface area contributed by atoms with Gasteiger partial charge in [0, 0.05) is 13.6 Å². The Morgan fingerprint density at radius 1 is 1.88 bits per heavy atom. The van der Waals surface area contributed by atoms with Crippen LogP contribution in [-0.4, -0.2) is 24.5 Å². The molecule has 0 rings (SSSR count). The van der Waals surface area contributed by atoms with Crippen LogP contribution in [0.25, 0.3) is 0 Å². The minimum Gasteiger partial charge on any atom is -0.370 e. The average molecular weight is 114 g/mol. The zero-order valence-corrected chi connectivity index (χ0v) is 5.31. The average Bonchev–Trinajstić information content (AvgIpc) is 1.67. The van der Waals surface area contributed by atoms with Crippen LogP contribution in [0, 0.1) is 11.8 Å². The van der Waals surface area contributed by atoms with Crippen LogP contribution in [0.3, 0.4) is 0 Å². The van der Waals surface area contributed by atoms with Crippen LogP contribution in [0.1, 0.15) is 6.92 Å². The Hall–Kier alpha value is -0.730. The summed E-state index contributed by atoms with van der Waals surface area (Å²) in [6, 6.07) is 0. The van der Waals surface area contributed by atoms with E-state index in [9.17, 15) is 0 Å². The number of hydrogen-bond acceptors (Lipinski definition) is 1. The molecule has 8 heavy (non-hydrogen) atoms. The zero-order chi connectivity index (χ0) is 6.57. The quantitative estimate of drug-likeness (QED) is 0.393. The lowest BCUT2D eigenvalue weighted by molar-refractivity contribution is 0.535. The minimum atomic E-state index is 0.114. The van der Waals surface area contributed by atoms with Crippen molar-refractivity contribution in [1.82, 2.24) is 4.90 Å². The monoisotopic (exact) mass is 114 g/mol. The van der Waals surface area contributed by atoms with E-state index < -0.39 is 0 Å². The predicted molar refractivity (Wildman–Crippen MR) is 34.5 cm³/mol. The third kappa shape index (κ3) is 2.44. The maximum Gasteiger partial charge on any atom is 0.188 e. The molecule has 0 aliphatic rings. The molecule has 0 aromatic rings. The molecule has 0 saturated carbocycles. The van der Waals surface area contributed by atoms with E-state index >= 15 is 0 Å². The van der Waals surface area contributed by atoms with Crippen LogP contribution >= 0.6 is 0 Å². The molecule has 0 aliphatic heterocycles. The van der Waals surface area contributed by atoms with Gasteiger partial charge in [0.1, 0.15) is 0 Å². The van der Waals surface area contributed by atoms with Gasteiger partial charge in [0.25, 0.3) is 0 Å². The van der Waals surface area contributed by atoms with Crippen LogP contribution < -0.4 is 5.73 Å². The molecule has 0 atom stereocenters. The second-order valence-corrected chi connectivity index (χ2v) is 1.67. The van der Waals surface area contributed by atoms with Crippen molar-refractivity contribution in [2.75, 3.05) is 13.6 Å². The largest absolute Gasteiger partial charge is 0.370 e. The van der Waals surface area contributed by atoms with Gasteiger partial charge in [-0.3, -0.25) is 5.41 Å². The molecule has 47 valence electrons. The minimum absolute atomic E-state index is 0.114. The van der Waals surface area contributed by atoms with Crippen LogP contribution in [0.4, 0.5) is 0 Å². The fourth-order valence-corrected chi connectivity index (χ4v) is 0.372. The summed E-state index contributed by atoms with van der Waals surface area (Å²) in [7, 11) is 1.78. The smallest absolute Gasteiger partial charge is 0.188 e. The fraction of sp³-hybridized carbons (Fsp3) is 0.600. The molecule has 0 bridgehead atoms. The lowest BCUT2D eigenvalue weighted by Crippen LogP contribution is -2.33. The van der Waals surface area contributed by atoms with Gasteiger partial charge in [0.05, 0.1) is 0 Å². The van der Waals surface area contributed by atoms with E-state index in [0.717, 1.165) is 6.54 Å². The van der Waals surface area contributed by atoms with Gasteiger partial charge in [-0.2, -0.15) is 0 Å². The number of nitrogens with one attached hydrogen (secondary N) is 1. The SMILES string of the molecule is C[CH]CN(C)C(=N)N. The molecule has 0 saturated heterocycles. The second kappa shape index (κ2) is 3.29. The van der Waals surface area contributed by atoms with Crippen molar-refractivity contribution in [2.45, 2.75) is 6.92 Å². The van der Waals surface area contributed by atoms with Gasteiger partial charge >= 0.3 is 0 Å². The maximum atomic E-state index is 6.89. The third-order valence-electron chi connectivity index (χ3n) is 0.868. The van der Waals surface area contributed by atoms with Crippen molar-refractivity contribution < 1.29 is 0 Å². The molecule has 0 aromatic heterocycles. The molecule has 0 unspecified atom stereocenters. The summed E-state index contributed by atoms with van der Waals surface area (Å²) >= 11 is 0. The molecule has 0 spiro atoms. The fourth-order valence-electron chi connectivity index (χ4n) is 0.372. The Balaban J connectivity index is 3.32. The number of guanidine groups is 1. The molecule has 3 nitrogen and oxygen atoms in total. The summed E-state index contributed by atoms with van der Waals surface area (Å²) in [5, 5.41) is 6.89. The first-order valence-electron chi connectivity index (χ1n) is 2.51. The highest BCUT2D eigenvalue weighted by molar-refractivity contribution is 5.74. The Labute approximate surface area is 50.0 Å². The van der Waals surface area contributed by atoms with E-state index in [-0.39, 0.29) is 5.96 Å². The summed E-state index contributed by atoms with van der Waals surface area (Å²) in [6.07, 6.45) is 1.95. The molecule has 0 aromatic carbocycles. The predicted octanol–water partition coefficient (Wildman–Crippen LogP) is 0.0359. The molecule has 1 radical (unpaired) electrons. The Morgan fingerprint density at radius 3 is 2.50 bits per heavy atom. The lowest BCUT2D eigenvalue weighted by atomic mass is 10.4. The third-order valence-corrected chi connectivity index (χ3v) is 0.868. The highest BCUT2D eigenvalue weighted by Crippen LogP contribution is 1.80. The van der Waals surface area contributed by atoms with Crippen molar-refractivity contribution in [2.24, 2.45) is 5.73 Å². The molecule has 3 N–H and O–H groups in total. The normalized spacial score (nSPS) is 8.75. The summed E-state index contributed by atoms with van der Waals surface area (Å²) in [5.41, 5.74) is 5.11. The Kier molecular flexibility index (Phi) is 2.99. The van der Waals surface area contributed by atoms with Crippen LogP contribution in [-0.2, 0) is 0 Å². The van der Waals surface area contributed by atoms with Gasteiger partial charge in [-0.15, -0.1) is 0 Å². The second-order valence-electron chi connectivity index (χ2n) is 1.67. The van der Waals surface area contributed by atoms with Gasteiger partial charge in [0.2, 0.25) is 0 Å². The van der Waals surface area contributed by atoms with Crippen LogP contribution in [0.5, 0.6) is 0 Å². The van der Waals surface area contributed by atoms with Gasteiger partial charge in [0.15, 0.2) is 5.96 Å². The molecule has 0 aliphatic carbocycles. The molecule has 0 fully saturated rings. The van der Waals surface area contributed by atoms with E-state index in [4.69, 9.17) is 11.1 Å². The maximum absolute atomic E-state index is 6.89. The number of hydrogen-bond donors (Lipinski definition) is 2. The summed E-state index contributed by atoms with van der Waals surface area (Å²) in [6.45, 7) is 2.68. The van der Waals surface area contributed by atoms with Gasteiger partial charge < -0.3 is 10.6 Å². The van der Waals surface area contributed by atoms with Crippen molar-refractivity contribution in [3.05, 3.63) is 6.42 Å². The van der Waals surface area contributed by atoms with Crippen LogP contribution in [0.15, 0.2) is 0 Å². The van der Waals surface area contributed by atoms with Gasteiger partial charge in [-0.1, -0.05) is 6.92 Å². The summed E-state index contributed by atoms with van der Waals surface area (Å²) < 4.78 is 0. The Bertz CT molecular complexity index is 79.7. The zero-order valence-electron chi connectivity index (χ0n) is 5.31. The molecule has 0 amide bonds. The lowest BCUT2D eigenvalue weighted by Gasteiger charge is -2.13. The molecule has 0 heterocycles. The van der Waals surface area contributed by atoms with E-state index in [2.05, 4.69) is 0 Å². The van der Waals surface area contributed by atoms with Gasteiger partial charge in [-0.25, -0.2) is 0 Å². The van der Waals surface area contributed by atoms with Crippen molar-refractivity contribution in [1.29, 1.82) is 5.41 Å².